The fourth-order valence-corrected chi connectivity index (χ4v) is 1.65. The number of rotatable bonds is 1. The van der Waals surface area contributed by atoms with E-state index in [2.05, 4.69) is 15.9 Å². The lowest BCUT2D eigenvalue weighted by molar-refractivity contribution is -0.137. The molecule has 78 valence electrons. The second-order valence-corrected chi connectivity index (χ2v) is 3.79. The average molecular weight is 288 g/mol. The van der Waals surface area contributed by atoms with Gasteiger partial charge in [-0.1, -0.05) is 0 Å². The number of halogens is 5. The van der Waals surface area contributed by atoms with Gasteiger partial charge in [0, 0.05) is 10.4 Å². The van der Waals surface area contributed by atoms with Crippen LogP contribution in [0.4, 0.5) is 18.9 Å². The molecule has 2 N–H and O–H groups in total. The zero-order valence-corrected chi connectivity index (χ0v) is 9.17. The highest BCUT2D eigenvalue weighted by atomic mass is 79.9. The lowest BCUT2D eigenvalue weighted by Crippen LogP contribution is -2.10. The van der Waals surface area contributed by atoms with Gasteiger partial charge >= 0.3 is 6.18 Å². The molecule has 0 aliphatic carbocycles. The van der Waals surface area contributed by atoms with Gasteiger partial charge in [-0.2, -0.15) is 13.2 Å². The Labute approximate surface area is 92.2 Å². The van der Waals surface area contributed by atoms with Crippen molar-refractivity contribution in [3.05, 3.63) is 27.7 Å². The summed E-state index contributed by atoms with van der Waals surface area (Å²) in [5, 5.41) is 0. The minimum atomic E-state index is -4.45. The van der Waals surface area contributed by atoms with E-state index >= 15 is 0 Å². The predicted octanol–water partition coefficient (Wildman–Crippen LogP) is 3.79. The van der Waals surface area contributed by atoms with Gasteiger partial charge in [0.15, 0.2) is 0 Å². The van der Waals surface area contributed by atoms with E-state index in [4.69, 9.17) is 17.3 Å². The highest BCUT2D eigenvalue weighted by molar-refractivity contribution is 9.10. The van der Waals surface area contributed by atoms with Crippen LogP contribution in [0, 0.1) is 0 Å². The van der Waals surface area contributed by atoms with Gasteiger partial charge in [0.2, 0.25) is 0 Å². The lowest BCUT2D eigenvalue weighted by atomic mass is 10.1. The van der Waals surface area contributed by atoms with Crippen molar-refractivity contribution in [2.75, 3.05) is 5.73 Å². The molecular weight excluding hydrogens is 282 g/mol. The maximum Gasteiger partial charge on any atom is 0.418 e. The van der Waals surface area contributed by atoms with Crippen LogP contribution in [0.3, 0.4) is 0 Å². The second kappa shape index (κ2) is 3.98. The van der Waals surface area contributed by atoms with Crippen LogP contribution < -0.4 is 5.73 Å². The van der Waals surface area contributed by atoms with E-state index in [1.54, 1.807) is 0 Å². The Bertz CT molecular complexity index is 351. The van der Waals surface area contributed by atoms with Crippen LogP contribution in [0.25, 0.3) is 0 Å². The monoisotopic (exact) mass is 287 g/mol. The topological polar surface area (TPSA) is 26.0 Å². The molecular formula is C8H6BrClF3N. The van der Waals surface area contributed by atoms with Crippen molar-refractivity contribution in [2.45, 2.75) is 12.1 Å². The maximum atomic E-state index is 12.4. The first-order valence-electron chi connectivity index (χ1n) is 3.57. The van der Waals surface area contributed by atoms with Gasteiger partial charge in [-0.05, 0) is 33.6 Å². The molecule has 0 atom stereocenters. The van der Waals surface area contributed by atoms with E-state index in [-0.39, 0.29) is 16.0 Å². The normalized spacial score (nSPS) is 11.8. The zero-order valence-electron chi connectivity index (χ0n) is 6.83. The number of alkyl halides is 4. The predicted molar refractivity (Wildman–Crippen MR) is 53.1 cm³/mol. The van der Waals surface area contributed by atoms with Crippen molar-refractivity contribution in [3.8, 4) is 0 Å². The Kier molecular flexibility index (Phi) is 3.32. The summed E-state index contributed by atoms with van der Waals surface area (Å²) in [6, 6.07) is 2.42. The van der Waals surface area contributed by atoms with E-state index in [0.29, 0.717) is 5.56 Å². The first-order chi connectivity index (χ1) is 6.36. The minimum absolute atomic E-state index is 0.0158. The smallest absolute Gasteiger partial charge is 0.397 e. The molecule has 0 saturated carbocycles. The van der Waals surface area contributed by atoms with Crippen molar-refractivity contribution in [1.29, 1.82) is 0 Å². The first-order valence-corrected chi connectivity index (χ1v) is 4.90. The van der Waals surface area contributed by atoms with Crippen molar-refractivity contribution in [2.24, 2.45) is 0 Å². The number of benzene rings is 1. The summed E-state index contributed by atoms with van der Waals surface area (Å²) in [5.74, 6) is 0.0158. The minimum Gasteiger partial charge on any atom is -0.397 e. The first kappa shape index (κ1) is 11.7. The average Bonchev–Trinajstić information content (AvgIpc) is 2.07. The van der Waals surface area contributed by atoms with Gasteiger partial charge in [0.25, 0.3) is 0 Å². The molecule has 0 radical (unpaired) electrons. The summed E-state index contributed by atoms with van der Waals surface area (Å²) in [6.07, 6.45) is -4.45. The van der Waals surface area contributed by atoms with Gasteiger partial charge < -0.3 is 5.73 Å². The van der Waals surface area contributed by atoms with Crippen LogP contribution in [0.2, 0.25) is 0 Å². The molecule has 0 aliphatic heterocycles. The molecule has 0 fully saturated rings. The fraction of sp³-hybridized carbons (Fsp3) is 0.250. The van der Waals surface area contributed by atoms with E-state index in [0.717, 1.165) is 6.07 Å². The van der Waals surface area contributed by atoms with Gasteiger partial charge in [-0.3, -0.25) is 0 Å². The highest BCUT2D eigenvalue weighted by Crippen LogP contribution is 2.38. The number of anilines is 1. The molecule has 0 saturated heterocycles. The summed E-state index contributed by atoms with van der Waals surface area (Å²) in [6.45, 7) is 0. The Morgan fingerprint density at radius 2 is 1.93 bits per heavy atom. The molecule has 0 unspecified atom stereocenters. The molecule has 1 aromatic rings. The molecule has 1 aromatic carbocycles. The maximum absolute atomic E-state index is 12.4. The standard InChI is InChI=1S/C8H6BrClF3N/c9-6-2-4(3-10)1-5(7(6)14)8(11,12)13/h1-2H,3,14H2. The van der Waals surface area contributed by atoms with Crippen LogP contribution >= 0.6 is 27.5 Å². The van der Waals surface area contributed by atoms with E-state index < -0.39 is 11.7 Å². The third kappa shape index (κ3) is 2.33. The number of hydrogen-bond donors (Lipinski definition) is 1. The van der Waals surface area contributed by atoms with Crippen molar-refractivity contribution in [3.63, 3.8) is 0 Å². The Morgan fingerprint density at radius 1 is 1.36 bits per heavy atom. The molecule has 0 amide bonds. The summed E-state index contributed by atoms with van der Waals surface area (Å²) < 4.78 is 37.4. The third-order valence-electron chi connectivity index (χ3n) is 1.65. The highest BCUT2D eigenvalue weighted by Gasteiger charge is 2.33. The van der Waals surface area contributed by atoms with Gasteiger partial charge in [0.05, 0.1) is 11.3 Å². The Hall–Kier alpha value is -0.420. The number of nitrogen functional groups attached to an aromatic ring is 1. The van der Waals surface area contributed by atoms with Crippen molar-refractivity contribution < 1.29 is 13.2 Å². The second-order valence-electron chi connectivity index (χ2n) is 2.67. The van der Waals surface area contributed by atoms with Crippen LogP contribution in [0.15, 0.2) is 16.6 Å². The lowest BCUT2D eigenvalue weighted by Gasteiger charge is -2.12. The van der Waals surface area contributed by atoms with Gasteiger partial charge in [-0.25, -0.2) is 0 Å². The van der Waals surface area contributed by atoms with Crippen LogP contribution in [0.5, 0.6) is 0 Å². The zero-order chi connectivity index (χ0) is 10.9. The van der Waals surface area contributed by atoms with Crippen LogP contribution in [0.1, 0.15) is 11.1 Å². The molecule has 0 spiro atoms. The fourth-order valence-electron chi connectivity index (χ4n) is 0.986. The molecule has 1 rings (SSSR count). The third-order valence-corrected chi connectivity index (χ3v) is 2.61. The van der Waals surface area contributed by atoms with Gasteiger partial charge in [-0.15, -0.1) is 11.6 Å². The molecule has 14 heavy (non-hydrogen) atoms. The largest absolute Gasteiger partial charge is 0.418 e. The number of hydrogen-bond acceptors (Lipinski definition) is 1. The van der Waals surface area contributed by atoms with Crippen molar-refractivity contribution >= 4 is 33.2 Å². The van der Waals surface area contributed by atoms with Crippen LogP contribution in [-0.4, -0.2) is 0 Å². The quantitative estimate of drug-likeness (QED) is 0.617. The molecule has 6 heteroatoms. The molecule has 0 aromatic heterocycles. The van der Waals surface area contributed by atoms with Crippen LogP contribution in [-0.2, 0) is 12.1 Å². The SMILES string of the molecule is Nc1c(Br)cc(CCl)cc1C(F)(F)F. The van der Waals surface area contributed by atoms with E-state index in [1.807, 2.05) is 0 Å². The van der Waals surface area contributed by atoms with Crippen molar-refractivity contribution in [1.82, 2.24) is 0 Å². The Morgan fingerprint density at radius 3 is 2.36 bits per heavy atom. The summed E-state index contributed by atoms with van der Waals surface area (Å²) >= 11 is 8.39. The summed E-state index contributed by atoms with van der Waals surface area (Å²) in [7, 11) is 0. The van der Waals surface area contributed by atoms with Gasteiger partial charge in [0.1, 0.15) is 0 Å². The van der Waals surface area contributed by atoms with E-state index in [9.17, 15) is 13.2 Å². The molecule has 1 nitrogen and oxygen atoms in total. The summed E-state index contributed by atoms with van der Waals surface area (Å²) in [5.41, 5.74) is 4.49. The Balaban J connectivity index is 3.35. The molecule has 0 heterocycles. The molecule has 0 aliphatic rings. The number of nitrogens with two attached hydrogens (primary N) is 1. The van der Waals surface area contributed by atoms with E-state index in [1.165, 1.54) is 6.07 Å². The molecule has 0 bridgehead atoms. The summed E-state index contributed by atoms with van der Waals surface area (Å²) in [4.78, 5) is 0.